The number of ether oxygens (including phenoxy) is 1. The fourth-order valence-electron chi connectivity index (χ4n) is 2.53. The van der Waals surface area contributed by atoms with E-state index in [1.54, 1.807) is 7.11 Å². The lowest BCUT2D eigenvalue weighted by atomic mass is 10.0. The second-order valence-corrected chi connectivity index (χ2v) is 5.31. The van der Waals surface area contributed by atoms with Gasteiger partial charge < -0.3 is 15.3 Å². The fraction of sp³-hybridized carbons (Fsp3) is 0.500. The highest BCUT2D eigenvalue weighted by molar-refractivity contribution is 5.59. The molecule has 0 aromatic heterocycles. The Bertz CT molecular complexity index is 414. The summed E-state index contributed by atoms with van der Waals surface area (Å²) in [7, 11) is 1.65. The Kier molecular flexibility index (Phi) is 3.68. The van der Waals surface area contributed by atoms with E-state index in [2.05, 4.69) is 4.90 Å². The van der Waals surface area contributed by atoms with E-state index < -0.39 is 0 Å². The molecule has 0 bridgehead atoms. The summed E-state index contributed by atoms with van der Waals surface area (Å²) in [5.41, 5.74) is 7.01. The van der Waals surface area contributed by atoms with Crippen molar-refractivity contribution >= 4 is 6.29 Å². The van der Waals surface area contributed by atoms with Crippen LogP contribution in [0.5, 0.6) is 5.75 Å². The number of hydrogen-bond acceptors (Lipinski definition) is 4. The first kappa shape index (κ1) is 13.1. The van der Waals surface area contributed by atoms with Crippen molar-refractivity contribution in [1.82, 2.24) is 4.90 Å². The Morgan fingerprint density at radius 1 is 1.50 bits per heavy atom. The molecular weight excluding hydrogens is 228 g/mol. The SMILES string of the molecule is COc1ccc(CN2CC(C)(N)CC2C=O)cc1. The molecule has 18 heavy (non-hydrogen) atoms. The van der Waals surface area contributed by atoms with Gasteiger partial charge in [0.1, 0.15) is 12.0 Å². The molecule has 4 heteroatoms. The van der Waals surface area contributed by atoms with Gasteiger partial charge in [-0.3, -0.25) is 4.90 Å². The van der Waals surface area contributed by atoms with E-state index >= 15 is 0 Å². The number of likely N-dealkylation sites (tertiary alicyclic amines) is 1. The standard InChI is InChI=1S/C14H20N2O2/c1-14(15)7-12(9-17)16(10-14)8-11-3-5-13(18-2)6-4-11/h3-6,9,12H,7-8,10,15H2,1-2H3. The molecule has 2 rings (SSSR count). The number of benzene rings is 1. The van der Waals surface area contributed by atoms with Crippen molar-refractivity contribution in [1.29, 1.82) is 0 Å². The zero-order valence-electron chi connectivity index (χ0n) is 10.9. The number of nitrogens with zero attached hydrogens (tertiary/aromatic N) is 1. The Balaban J connectivity index is 2.05. The van der Waals surface area contributed by atoms with E-state index in [1.165, 1.54) is 5.56 Å². The van der Waals surface area contributed by atoms with Crippen molar-refractivity contribution in [3.8, 4) is 5.75 Å². The second-order valence-electron chi connectivity index (χ2n) is 5.31. The van der Waals surface area contributed by atoms with E-state index in [1.807, 2.05) is 31.2 Å². The van der Waals surface area contributed by atoms with Crippen LogP contribution in [0.1, 0.15) is 18.9 Å². The minimum atomic E-state index is -0.266. The van der Waals surface area contributed by atoms with Crippen molar-refractivity contribution in [3.63, 3.8) is 0 Å². The molecule has 1 heterocycles. The number of aldehydes is 1. The first-order chi connectivity index (χ1) is 8.54. The molecule has 1 aromatic rings. The zero-order chi connectivity index (χ0) is 13.2. The van der Waals surface area contributed by atoms with Gasteiger partial charge >= 0.3 is 0 Å². The van der Waals surface area contributed by atoms with Gasteiger partial charge in [0.05, 0.1) is 13.2 Å². The molecule has 0 radical (unpaired) electrons. The van der Waals surface area contributed by atoms with Crippen LogP contribution in [0.2, 0.25) is 0 Å². The molecule has 1 aromatic carbocycles. The predicted octanol–water partition coefficient (Wildman–Crippen LogP) is 1.19. The maximum absolute atomic E-state index is 11.1. The van der Waals surface area contributed by atoms with Gasteiger partial charge in [-0.25, -0.2) is 0 Å². The van der Waals surface area contributed by atoms with Crippen LogP contribution in [-0.4, -0.2) is 36.4 Å². The third-order valence-electron chi connectivity index (χ3n) is 3.41. The van der Waals surface area contributed by atoms with Gasteiger partial charge in [-0.1, -0.05) is 12.1 Å². The van der Waals surface area contributed by atoms with Gasteiger partial charge in [0.15, 0.2) is 0 Å². The quantitative estimate of drug-likeness (QED) is 0.813. The smallest absolute Gasteiger partial charge is 0.137 e. The van der Waals surface area contributed by atoms with Crippen molar-refractivity contribution < 1.29 is 9.53 Å². The highest BCUT2D eigenvalue weighted by Crippen LogP contribution is 2.25. The average Bonchev–Trinajstić information content (AvgIpc) is 2.65. The lowest BCUT2D eigenvalue weighted by Gasteiger charge is -2.21. The summed E-state index contributed by atoms with van der Waals surface area (Å²) in [6.45, 7) is 3.50. The van der Waals surface area contributed by atoms with Crippen molar-refractivity contribution in [2.24, 2.45) is 5.73 Å². The molecule has 2 atom stereocenters. The zero-order valence-corrected chi connectivity index (χ0v) is 10.9. The molecule has 98 valence electrons. The Morgan fingerprint density at radius 2 is 2.17 bits per heavy atom. The number of nitrogens with two attached hydrogens (primary N) is 1. The van der Waals surface area contributed by atoms with Crippen LogP contribution in [0, 0.1) is 0 Å². The van der Waals surface area contributed by atoms with Crippen molar-refractivity contribution in [2.75, 3.05) is 13.7 Å². The number of carbonyl (C=O) groups excluding carboxylic acids is 1. The minimum Gasteiger partial charge on any atom is -0.497 e. The lowest BCUT2D eigenvalue weighted by Crippen LogP contribution is -2.39. The summed E-state index contributed by atoms with van der Waals surface area (Å²) >= 11 is 0. The molecule has 4 nitrogen and oxygen atoms in total. The lowest BCUT2D eigenvalue weighted by molar-refractivity contribution is -0.111. The summed E-state index contributed by atoms with van der Waals surface area (Å²) < 4.78 is 5.12. The topological polar surface area (TPSA) is 55.6 Å². The van der Waals surface area contributed by atoms with Crippen molar-refractivity contribution in [3.05, 3.63) is 29.8 Å². The largest absolute Gasteiger partial charge is 0.497 e. The molecular formula is C14H20N2O2. The predicted molar refractivity (Wildman–Crippen MR) is 70.5 cm³/mol. The van der Waals surface area contributed by atoms with Gasteiger partial charge in [-0.2, -0.15) is 0 Å². The molecule has 1 fully saturated rings. The first-order valence-corrected chi connectivity index (χ1v) is 6.15. The average molecular weight is 248 g/mol. The van der Waals surface area contributed by atoms with E-state index in [-0.39, 0.29) is 11.6 Å². The molecule has 2 unspecified atom stereocenters. The third-order valence-corrected chi connectivity index (χ3v) is 3.41. The van der Waals surface area contributed by atoms with Gasteiger partial charge in [-0.15, -0.1) is 0 Å². The van der Waals surface area contributed by atoms with Crippen LogP contribution in [0.25, 0.3) is 0 Å². The second kappa shape index (κ2) is 5.08. The van der Waals surface area contributed by atoms with Crippen LogP contribution in [0.4, 0.5) is 0 Å². The number of methoxy groups -OCH3 is 1. The van der Waals surface area contributed by atoms with Crippen LogP contribution < -0.4 is 10.5 Å². The Labute approximate surface area is 108 Å². The normalized spacial score (nSPS) is 28.3. The fourth-order valence-corrected chi connectivity index (χ4v) is 2.53. The van der Waals surface area contributed by atoms with Gasteiger partial charge in [-0.05, 0) is 31.0 Å². The minimum absolute atomic E-state index is 0.0675. The van der Waals surface area contributed by atoms with E-state index in [9.17, 15) is 4.79 Å². The Morgan fingerprint density at radius 3 is 2.72 bits per heavy atom. The molecule has 1 aliphatic rings. The highest BCUT2D eigenvalue weighted by atomic mass is 16.5. The summed E-state index contributed by atoms with van der Waals surface area (Å²) in [5.74, 6) is 0.843. The number of hydrogen-bond donors (Lipinski definition) is 1. The summed E-state index contributed by atoms with van der Waals surface area (Å²) in [5, 5.41) is 0. The maximum atomic E-state index is 11.1. The van der Waals surface area contributed by atoms with Gasteiger partial charge in [0, 0.05) is 18.6 Å². The molecule has 1 saturated heterocycles. The van der Waals surface area contributed by atoms with Crippen LogP contribution in [0.15, 0.2) is 24.3 Å². The molecule has 0 amide bonds. The van der Waals surface area contributed by atoms with E-state index in [4.69, 9.17) is 10.5 Å². The van der Waals surface area contributed by atoms with E-state index in [0.717, 1.165) is 31.5 Å². The van der Waals surface area contributed by atoms with Crippen LogP contribution in [0.3, 0.4) is 0 Å². The highest BCUT2D eigenvalue weighted by Gasteiger charge is 2.37. The summed E-state index contributed by atoms with van der Waals surface area (Å²) in [6.07, 6.45) is 1.73. The van der Waals surface area contributed by atoms with Crippen LogP contribution >= 0.6 is 0 Å². The molecule has 0 saturated carbocycles. The molecule has 1 aliphatic heterocycles. The monoisotopic (exact) mass is 248 g/mol. The summed E-state index contributed by atoms with van der Waals surface area (Å²) in [4.78, 5) is 13.2. The molecule has 2 N–H and O–H groups in total. The molecule has 0 spiro atoms. The van der Waals surface area contributed by atoms with Gasteiger partial charge in [0.25, 0.3) is 0 Å². The number of carbonyl (C=O) groups is 1. The Hall–Kier alpha value is -1.39. The van der Waals surface area contributed by atoms with Crippen LogP contribution in [-0.2, 0) is 11.3 Å². The maximum Gasteiger partial charge on any atom is 0.137 e. The number of rotatable bonds is 4. The molecule has 0 aliphatic carbocycles. The third kappa shape index (κ3) is 2.89. The first-order valence-electron chi connectivity index (χ1n) is 6.15. The summed E-state index contributed by atoms with van der Waals surface area (Å²) in [6, 6.07) is 7.84. The van der Waals surface area contributed by atoms with E-state index in [0.29, 0.717) is 0 Å². The van der Waals surface area contributed by atoms with Gasteiger partial charge in [0.2, 0.25) is 0 Å². The van der Waals surface area contributed by atoms with Crippen molar-refractivity contribution in [2.45, 2.75) is 31.5 Å².